The van der Waals surface area contributed by atoms with E-state index in [0.29, 0.717) is 48.5 Å². The molecule has 166 valence electrons. The molecule has 0 unspecified atom stereocenters. The maximum atomic E-state index is 13.1. The van der Waals surface area contributed by atoms with Gasteiger partial charge in [-0.3, -0.25) is 9.59 Å². The largest absolute Gasteiger partial charge is 0.462 e. The van der Waals surface area contributed by atoms with Gasteiger partial charge in [-0.1, -0.05) is 12.1 Å². The fourth-order valence-corrected chi connectivity index (χ4v) is 3.52. The summed E-state index contributed by atoms with van der Waals surface area (Å²) in [7, 11) is 0. The first-order valence-electron chi connectivity index (χ1n) is 10.3. The number of furan rings is 1. The monoisotopic (exact) mass is 437 g/mol. The van der Waals surface area contributed by atoms with Crippen LogP contribution in [0.4, 0.5) is 5.69 Å². The van der Waals surface area contributed by atoms with Crippen molar-refractivity contribution in [3.63, 3.8) is 0 Å². The standard InChI is InChI=1S/C23H23N3O6/c1-3-31-23(29)15-8-9-17(24-14(15)2)21(27)25-19-16-6-4-5-7-18(16)32-20(19)22(28)26-10-12-30-13-11-26/h4-9H,3,10-13H2,1-2H3,(H,25,27). The van der Waals surface area contributed by atoms with E-state index in [1.165, 1.54) is 12.1 Å². The Morgan fingerprint density at radius 1 is 1.12 bits per heavy atom. The summed E-state index contributed by atoms with van der Waals surface area (Å²) < 4.78 is 16.1. The Morgan fingerprint density at radius 3 is 2.59 bits per heavy atom. The Bertz CT molecular complexity index is 1180. The van der Waals surface area contributed by atoms with E-state index in [1.54, 1.807) is 43.0 Å². The second-order valence-corrected chi connectivity index (χ2v) is 7.21. The molecule has 1 aliphatic heterocycles. The molecule has 3 aromatic rings. The highest BCUT2D eigenvalue weighted by molar-refractivity contribution is 6.14. The van der Waals surface area contributed by atoms with E-state index in [0.717, 1.165) is 0 Å². The third-order valence-corrected chi connectivity index (χ3v) is 5.14. The van der Waals surface area contributed by atoms with Gasteiger partial charge in [0.15, 0.2) is 0 Å². The molecule has 0 atom stereocenters. The first kappa shape index (κ1) is 21.5. The maximum Gasteiger partial charge on any atom is 0.339 e. The number of para-hydroxylation sites is 1. The van der Waals surface area contributed by atoms with Crippen LogP contribution in [0.2, 0.25) is 0 Å². The lowest BCUT2D eigenvalue weighted by Crippen LogP contribution is -2.40. The first-order chi connectivity index (χ1) is 15.5. The lowest BCUT2D eigenvalue weighted by atomic mass is 10.1. The van der Waals surface area contributed by atoms with E-state index < -0.39 is 11.9 Å². The van der Waals surface area contributed by atoms with E-state index in [2.05, 4.69) is 10.3 Å². The number of nitrogens with zero attached hydrogens (tertiary/aromatic N) is 2. The van der Waals surface area contributed by atoms with E-state index in [1.807, 2.05) is 0 Å². The number of hydrogen-bond acceptors (Lipinski definition) is 7. The van der Waals surface area contributed by atoms with Crippen LogP contribution in [0, 0.1) is 6.92 Å². The molecular formula is C23H23N3O6. The number of esters is 1. The lowest BCUT2D eigenvalue weighted by Gasteiger charge is -2.26. The predicted molar refractivity (Wildman–Crippen MR) is 116 cm³/mol. The molecule has 1 saturated heterocycles. The molecule has 32 heavy (non-hydrogen) atoms. The molecule has 3 heterocycles. The smallest absolute Gasteiger partial charge is 0.339 e. The number of aromatic nitrogens is 1. The Labute approximate surface area is 184 Å². The number of carbonyl (C=O) groups excluding carboxylic acids is 3. The average Bonchev–Trinajstić information content (AvgIpc) is 3.17. The number of hydrogen-bond donors (Lipinski definition) is 1. The van der Waals surface area contributed by atoms with Crippen LogP contribution in [0.15, 0.2) is 40.8 Å². The number of anilines is 1. The van der Waals surface area contributed by atoms with Gasteiger partial charge in [-0.15, -0.1) is 0 Å². The summed E-state index contributed by atoms with van der Waals surface area (Å²) in [6.07, 6.45) is 0. The quantitative estimate of drug-likeness (QED) is 0.611. The number of ether oxygens (including phenoxy) is 2. The number of morpholine rings is 1. The van der Waals surface area contributed by atoms with Crippen molar-refractivity contribution < 1.29 is 28.3 Å². The fourth-order valence-electron chi connectivity index (χ4n) is 3.52. The minimum absolute atomic E-state index is 0.0568. The van der Waals surface area contributed by atoms with Crippen molar-refractivity contribution >= 4 is 34.4 Å². The topological polar surface area (TPSA) is 111 Å². The van der Waals surface area contributed by atoms with Crippen molar-refractivity contribution in [1.82, 2.24) is 9.88 Å². The van der Waals surface area contributed by atoms with Gasteiger partial charge in [0.1, 0.15) is 17.0 Å². The van der Waals surface area contributed by atoms with Crippen molar-refractivity contribution in [2.24, 2.45) is 0 Å². The number of carbonyl (C=O) groups is 3. The number of rotatable bonds is 5. The van der Waals surface area contributed by atoms with Crippen molar-refractivity contribution in [1.29, 1.82) is 0 Å². The van der Waals surface area contributed by atoms with E-state index in [9.17, 15) is 14.4 Å². The van der Waals surface area contributed by atoms with Gasteiger partial charge in [-0.25, -0.2) is 9.78 Å². The Balaban J connectivity index is 1.65. The number of pyridine rings is 1. The second-order valence-electron chi connectivity index (χ2n) is 7.21. The van der Waals surface area contributed by atoms with Gasteiger partial charge in [0.25, 0.3) is 11.8 Å². The minimum Gasteiger partial charge on any atom is -0.462 e. The van der Waals surface area contributed by atoms with Gasteiger partial charge in [0.05, 0.1) is 31.1 Å². The van der Waals surface area contributed by atoms with Gasteiger partial charge in [0, 0.05) is 18.5 Å². The molecule has 1 N–H and O–H groups in total. The van der Waals surface area contributed by atoms with Crippen LogP contribution in [0.25, 0.3) is 11.0 Å². The molecule has 1 aromatic carbocycles. The summed E-state index contributed by atoms with van der Waals surface area (Å²) in [5.74, 6) is -1.28. The minimum atomic E-state index is -0.522. The molecule has 2 amide bonds. The van der Waals surface area contributed by atoms with Crippen molar-refractivity contribution in [2.45, 2.75) is 13.8 Å². The molecule has 9 nitrogen and oxygen atoms in total. The zero-order chi connectivity index (χ0) is 22.7. The summed E-state index contributed by atoms with van der Waals surface area (Å²) in [6.45, 7) is 5.37. The number of nitrogens with one attached hydrogen (secondary N) is 1. The molecule has 1 fully saturated rings. The lowest BCUT2D eigenvalue weighted by molar-refractivity contribution is 0.0285. The molecule has 0 spiro atoms. The summed E-state index contributed by atoms with van der Waals surface area (Å²) in [5, 5.41) is 3.39. The molecule has 0 radical (unpaired) electrons. The molecule has 4 rings (SSSR count). The average molecular weight is 437 g/mol. The van der Waals surface area contributed by atoms with Gasteiger partial charge in [-0.05, 0) is 38.1 Å². The number of benzene rings is 1. The van der Waals surface area contributed by atoms with Gasteiger partial charge < -0.3 is 24.1 Å². The van der Waals surface area contributed by atoms with E-state index in [4.69, 9.17) is 13.9 Å². The third-order valence-electron chi connectivity index (χ3n) is 5.14. The summed E-state index contributed by atoms with van der Waals surface area (Å²) in [6, 6.07) is 10.0. The molecule has 1 aliphatic rings. The van der Waals surface area contributed by atoms with Crippen molar-refractivity contribution in [2.75, 3.05) is 38.2 Å². The zero-order valence-corrected chi connectivity index (χ0v) is 17.8. The maximum absolute atomic E-state index is 13.1. The van der Waals surface area contributed by atoms with Crippen LogP contribution in [-0.4, -0.2) is 60.6 Å². The predicted octanol–water partition coefficient (Wildman–Crippen LogP) is 3.04. The molecule has 0 saturated carbocycles. The highest BCUT2D eigenvalue weighted by Crippen LogP contribution is 2.32. The number of fused-ring (bicyclic) bond motifs is 1. The summed E-state index contributed by atoms with van der Waals surface area (Å²) in [4.78, 5) is 44.0. The Morgan fingerprint density at radius 2 is 1.88 bits per heavy atom. The fraction of sp³-hybridized carbons (Fsp3) is 0.304. The summed E-state index contributed by atoms with van der Waals surface area (Å²) in [5.41, 5.74) is 1.54. The number of aryl methyl sites for hydroxylation is 1. The highest BCUT2D eigenvalue weighted by atomic mass is 16.5. The number of amides is 2. The molecule has 2 aromatic heterocycles. The molecule has 0 bridgehead atoms. The van der Waals surface area contributed by atoms with Gasteiger partial charge in [-0.2, -0.15) is 0 Å². The van der Waals surface area contributed by atoms with Crippen LogP contribution in [-0.2, 0) is 9.47 Å². The molecular weight excluding hydrogens is 414 g/mol. The third kappa shape index (κ3) is 4.19. The van der Waals surface area contributed by atoms with Crippen LogP contribution in [0.3, 0.4) is 0 Å². The highest BCUT2D eigenvalue weighted by Gasteiger charge is 2.28. The second kappa shape index (κ2) is 9.19. The zero-order valence-electron chi connectivity index (χ0n) is 17.8. The van der Waals surface area contributed by atoms with Gasteiger partial charge in [0.2, 0.25) is 5.76 Å². The first-order valence-corrected chi connectivity index (χ1v) is 10.3. The Hall–Kier alpha value is -3.72. The SMILES string of the molecule is CCOC(=O)c1ccc(C(=O)Nc2c(C(=O)N3CCOCC3)oc3ccccc23)nc1C. The molecule has 0 aliphatic carbocycles. The van der Waals surface area contributed by atoms with Crippen LogP contribution >= 0.6 is 0 Å². The van der Waals surface area contributed by atoms with Gasteiger partial charge >= 0.3 is 5.97 Å². The van der Waals surface area contributed by atoms with E-state index >= 15 is 0 Å². The van der Waals surface area contributed by atoms with Crippen LogP contribution in [0.5, 0.6) is 0 Å². The van der Waals surface area contributed by atoms with Crippen molar-refractivity contribution in [3.05, 3.63) is 59.1 Å². The molecule has 9 heteroatoms. The van der Waals surface area contributed by atoms with Crippen LogP contribution in [0.1, 0.15) is 44.0 Å². The normalized spacial score (nSPS) is 13.8. The van der Waals surface area contributed by atoms with E-state index in [-0.39, 0.29) is 29.7 Å². The summed E-state index contributed by atoms with van der Waals surface area (Å²) >= 11 is 0. The van der Waals surface area contributed by atoms with Crippen molar-refractivity contribution in [3.8, 4) is 0 Å². The Kier molecular flexibility index (Phi) is 6.18. The van der Waals surface area contributed by atoms with Crippen LogP contribution < -0.4 is 5.32 Å².